The van der Waals surface area contributed by atoms with E-state index in [2.05, 4.69) is 91.1 Å². The Bertz CT molecular complexity index is 586. The Labute approximate surface area is 171 Å². The van der Waals surface area contributed by atoms with E-state index in [1.165, 1.54) is 27.9 Å². The van der Waals surface area contributed by atoms with Gasteiger partial charge in [-0.15, -0.1) is 19.8 Å². The van der Waals surface area contributed by atoms with Crippen LogP contribution in [0, 0.1) is 24.1 Å². The summed E-state index contributed by atoms with van der Waals surface area (Å²) in [6.07, 6.45) is 20.2. The van der Waals surface area contributed by atoms with Crippen molar-refractivity contribution in [2.45, 2.75) is 67.5 Å². The predicted molar refractivity (Wildman–Crippen MR) is 110 cm³/mol. The molecule has 0 fully saturated rings. The molecule has 0 aromatic carbocycles. The average Bonchev–Trinajstić information content (AvgIpc) is 3.15. The van der Waals surface area contributed by atoms with Crippen molar-refractivity contribution in [2.75, 3.05) is 0 Å². The summed E-state index contributed by atoms with van der Waals surface area (Å²) in [4.78, 5) is 0. The molecule has 3 aliphatic rings. The molecule has 0 aromatic rings. The summed E-state index contributed by atoms with van der Waals surface area (Å²) in [5.74, 6) is 0.556. The SMILES string of the molecule is CC1=CC(C)[C-]=C1.CC1=[C-]CC(C)=C1.CC1=[C-]CC(C)=C1.C[Si](C)=[Zr]. The van der Waals surface area contributed by atoms with Gasteiger partial charge in [0.15, 0.2) is 0 Å². The fraction of sp³-hybridized carbons (Fsp3) is 0.478. The third kappa shape index (κ3) is 15.5. The second-order valence-electron chi connectivity index (χ2n) is 7.06. The van der Waals surface area contributed by atoms with Crippen LogP contribution in [0.3, 0.4) is 0 Å². The zero-order valence-electron chi connectivity index (χ0n) is 17.3. The summed E-state index contributed by atoms with van der Waals surface area (Å²) in [7, 11) is 0. The van der Waals surface area contributed by atoms with Crippen molar-refractivity contribution in [3.8, 4) is 0 Å². The number of hydrogen-bond acceptors (Lipinski definition) is 0. The molecular formula is C23H33SiZr-3. The van der Waals surface area contributed by atoms with Gasteiger partial charge in [0, 0.05) is 0 Å². The zero-order valence-corrected chi connectivity index (χ0v) is 20.8. The number of allylic oxidation sites excluding steroid dienone is 12. The molecule has 0 aliphatic heterocycles. The Morgan fingerprint density at radius 1 is 0.920 bits per heavy atom. The third-order valence-electron chi connectivity index (χ3n) is 3.30. The van der Waals surface area contributed by atoms with Crippen molar-refractivity contribution >= 4 is 5.43 Å². The molecule has 1 atom stereocenters. The van der Waals surface area contributed by atoms with Crippen LogP contribution < -0.4 is 0 Å². The normalized spacial score (nSPS) is 19.6. The molecule has 3 aliphatic carbocycles. The first-order valence-electron chi connectivity index (χ1n) is 8.88. The Hall–Kier alpha value is -0.460. The molecule has 0 bridgehead atoms. The molecule has 0 saturated heterocycles. The summed E-state index contributed by atoms with van der Waals surface area (Å²) in [6.45, 7) is 17.3. The molecule has 0 heterocycles. The van der Waals surface area contributed by atoms with Crippen LogP contribution in [0.2, 0.25) is 13.1 Å². The monoisotopic (exact) mass is 427 g/mol. The molecule has 2 heteroatoms. The van der Waals surface area contributed by atoms with Crippen LogP contribution in [0.25, 0.3) is 0 Å². The van der Waals surface area contributed by atoms with Crippen LogP contribution in [0.1, 0.15) is 54.4 Å². The molecule has 0 saturated carbocycles. The first kappa shape index (κ1) is 24.5. The quantitative estimate of drug-likeness (QED) is 0.291. The zero-order chi connectivity index (χ0) is 19.4. The van der Waals surface area contributed by atoms with Gasteiger partial charge in [-0.3, -0.25) is 18.2 Å². The van der Waals surface area contributed by atoms with Gasteiger partial charge in [0.1, 0.15) is 0 Å². The molecule has 3 rings (SSSR count). The molecule has 1 unspecified atom stereocenters. The van der Waals surface area contributed by atoms with Crippen LogP contribution in [0.15, 0.2) is 52.2 Å². The maximum atomic E-state index is 3.19. The minimum absolute atomic E-state index is 0.210. The van der Waals surface area contributed by atoms with E-state index >= 15 is 0 Å². The topological polar surface area (TPSA) is 0 Å². The van der Waals surface area contributed by atoms with E-state index in [1.807, 2.05) is 6.08 Å². The second kappa shape index (κ2) is 13.7. The minimum atomic E-state index is 0.210. The van der Waals surface area contributed by atoms with E-state index in [0.717, 1.165) is 12.8 Å². The van der Waals surface area contributed by atoms with Crippen molar-refractivity contribution in [3.63, 3.8) is 0 Å². The van der Waals surface area contributed by atoms with Crippen molar-refractivity contribution in [1.29, 1.82) is 0 Å². The van der Waals surface area contributed by atoms with Crippen LogP contribution in [0.5, 0.6) is 0 Å². The number of rotatable bonds is 0. The Balaban J connectivity index is 0.000000314. The van der Waals surface area contributed by atoms with Gasteiger partial charge in [0.05, 0.1) is 0 Å². The van der Waals surface area contributed by atoms with E-state index in [1.54, 1.807) is 23.3 Å². The van der Waals surface area contributed by atoms with Gasteiger partial charge in [0.2, 0.25) is 0 Å². The van der Waals surface area contributed by atoms with E-state index in [9.17, 15) is 0 Å². The molecule has 0 spiro atoms. The van der Waals surface area contributed by atoms with E-state index in [-0.39, 0.29) is 5.43 Å². The van der Waals surface area contributed by atoms with Crippen molar-refractivity contribution in [1.82, 2.24) is 0 Å². The molecule has 0 nitrogen and oxygen atoms in total. The molecule has 136 valence electrons. The van der Waals surface area contributed by atoms with Crippen molar-refractivity contribution < 1.29 is 23.3 Å². The molecule has 0 aromatic heterocycles. The summed E-state index contributed by atoms with van der Waals surface area (Å²) in [6, 6.07) is 0. The summed E-state index contributed by atoms with van der Waals surface area (Å²) >= 11 is 1.74. The van der Waals surface area contributed by atoms with Crippen molar-refractivity contribution in [2.24, 2.45) is 5.92 Å². The van der Waals surface area contributed by atoms with E-state index < -0.39 is 0 Å². The van der Waals surface area contributed by atoms with Gasteiger partial charge >= 0.3 is 41.9 Å². The van der Waals surface area contributed by atoms with E-state index in [4.69, 9.17) is 0 Å². The molecule has 25 heavy (non-hydrogen) atoms. The Morgan fingerprint density at radius 3 is 1.40 bits per heavy atom. The van der Waals surface area contributed by atoms with Gasteiger partial charge in [-0.05, 0) is 0 Å². The van der Waals surface area contributed by atoms with Crippen LogP contribution >= 0.6 is 0 Å². The van der Waals surface area contributed by atoms with Gasteiger partial charge in [-0.1, -0.05) is 40.5 Å². The fourth-order valence-electron chi connectivity index (χ4n) is 2.25. The van der Waals surface area contributed by atoms with Crippen LogP contribution in [-0.4, -0.2) is 5.43 Å². The predicted octanol–water partition coefficient (Wildman–Crippen LogP) is 6.90. The molecule has 0 amide bonds. The summed E-state index contributed by atoms with van der Waals surface area (Å²) in [5, 5.41) is 0. The second-order valence-corrected chi connectivity index (χ2v) is 16.4. The first-order valence-corrected chi connectivity index (χ1v) is 15.1. The van der Waals surface area contributed by atoms with Crippen LogP contribution in [-0.2, 0) is 23.3 Å². The fourth-order valence-corrected chi connectivity index (χ4v) is 2.25. The molecule has 0 N–H and O–H groups in total. The standard InChI is InChI=1S/3C7H9.C2H6Si.Zr/c3*1-6-3-4-7(2)5-6;1-3-2;/h2*5H,3H2,1-2H3;3,5,7H,1-2H3;1-2H3;/q3*-1;;. The van der Waals surface area contributed by atoms with Crippen molar-refractivity contribution in [3.05, 3.63) is 70.4 Å². The molecular weight excluding hydrogens is 396 g/mol. The van der Waals surface area contributed by atoms with Gasteiger partial charge in [0.25, 0.3) is 0 Å². The van der Waals surface area contributed by atoms with Crippen LogP contribution in [0.4, 0.5) is 0 Å². The first-order chi connectivity index (χ1) is 11.6. The Kier molecular flexibility index (Phi) is 13.5. The van der Waals surface area contributed by atoms with Gasteiger partial charge < -0.3 is 0 Å². The summed E-state index contributed by atoms with van der Waals surface area (Å²) < 4.78 is 0. The Morgan fingerprint density at radius 2 is 1.32 bits per heavy atom. The maximum absolute atomic E-state index is 3.19. The third-order valence-corrected chi connectivity index (χ3v) is 3.30. The van der Waals surface area contributed by atoms with E-state index in [0.29, 0.717) is 5.92 Å². The summed E-state index contributed by atoms with van der Waals surface area (Å²) in [5.41, 5.74) is 6.99. The van der Waals surface area contributed by atoms with Gasteiger partial charge in [-0.25, -0.2) is 34.9 Å². The average molecular weight is 429 g/mol. The molecule has 0 radical (unpaired) electrons. The number of hydrogen-bond donors (Lipinski definition) is 0. The van der Waals surface area contributed by atoms with Gasteiger partial charge in [-0.2, -0.15) is 17.2 Å².